The monoisotopic (exact) mass is 301 g/mol. The molecule has 122 valence electrons. The third kappa shape index (κ3) is 6.60. The maximum atomic E-state index is 12.4. The molecule has 0 saturated heterocycles. The highest BCUT2D eigenvalue weighted by atomic mass is 16.6. The van der Waals surface area contributed by atoms with Gasteiger partial charge >= 0.3 is 12.1 Å². The topological polar surface area (TPSA) is 92.7 Å². The first-order chi connectivity index (χ1) is 9.27. The summed E-state index contributed by atoms with van der Waals surface area (Å²) in [7, 11) is 0. The Bertz CT molecular complexity index is 407. The SMILES string of the molecule is CC(C)C[C@H](NC(=O)OC(C)(C)C)C(=O)C(C)(C)C(=O)O. The number of alkyl carbamates (subject to hydrolysis) is 1. The fourth-order valence-electron chi connectivity index (χ4n) is 1.69. The van der Waals surface area contributed by atoms with Gasteiger partial charge < -0.3 is 15.2 Å². The molecule has 0 saturated carbocycles. The Morgan fingerprint density at radius 2 is 1.57 bits per heavy atom. The van der Waals surface area contributed by atoms with Gasteiger partial charge in [-0.15, -0.1) is 0 Å². The summed E-state index contributed by atoms with van der Waals surface area (Å²) in [4.78, 5) is 35.4. The zero-order valence-electron chi connectivity index (χ0n) is 13.9. The smallest absolute Gasteiger partial charge is 0.408 e. The van der Waals surface area contributed by atoms with Crippen LogP contribution in [0.25, 0.3) is 0 Å². The Morgan fingerprint density at radius 1 is 1.10 bits per heavy atom. The lowest BCUT2D eigenvalue weighted by atomic mass is 9.82. The van der Waals surface area contributed by atoms with Gasteiger partial charge in [0, 0.05) is 0 Å². The summed E-state index contributed by atoms with van der Waals surface area (Å²) in [5.74, 6) is -1.62. The molecule has 1 amide bonds. The van der Waals surface area contributed by atoms with Crippen molar-refractivity contribution in [2.24, 2.45) is 11.3 Å². The molecule has 0 aromatic carbocycles. The first kappa shape index (κ1) is 19.4. The number of carboxylic acid groups (broad SMARTS) is 1. The van der Waals surface area contributed by atoms with Crippen LogP contribution in [0.1, 0.15) is 54.9 Å². The molecule has 0 bridgehead atoms. The van der Waals surface area contributed by atoms with Gasteiger partial charge in [0.2, 0.25) is 0 Å². The number of hydrogen-bond donors (Lipinski definition) is 2. The normalized spacial score (nSPS) is 13.7. The summed E-state index contributed by atoms with van der Waals surface area (Å²) in [6.45, 7) is 11.6. The second-order valence-corrected chi connectivity index (χ2v) is 7.12. The highest BCUT2D eigenvalue weighted by Gasteiger charge is 2.41. The van der Waals surface area contributed by atoms with Gasteiger partial charge in [0.25, 0.3) is 0 Å². The van der Waals surface area contributed by atoms with E-state index in [-0.39, 0.29) is 5.92 Å². The Labute approximate surface area is 126 Å². The maximum Gasteiger partial charge on any atom is 0.408 e. The molecule has 6 nitrogen and oxygen atoms in total. The third-order valence-electron chi connectivity index (χ3n) is 2.87. The van der Waals surface area contributed by atoms with Gasteiger partial charge in [-0.3, -0.25) is 9.59 Å². The van der Waals surface area contributed by atoms with E-state index in [1.54, 1.807) is 20.8 Å². The summed E-state index contributed by atoms with van der Waals surface area (Å²) in [5.41, 5.74) is -2.24. The minimum Gasteiger partial charge on any atom is -0.481 e. The van der Waals surface area contributed by atoms with Crippen molar-refractivity contribution in [1.29, 1.82) is 0 Å². The number of amides is 1. The average molecular weight is 301 g/mol. The number of hydrogen-bond acceptors (Lipinski definition) is 4. The summed E-state index contributed by atoms with van der Waals surface area (Å²) >= 11 is 0. The Hall–Kier alpha value is -1.59. The molecule has 0 fully saturated rings. The van der Waals surface area contributed by atoms with E-state index < -0.39 is 34.9 Å². The van der Waals surface area contributed by atoms with Crippen LogP contribution in [0.5, 0.6) is 0 Å². The van der Waals surface area contributed by atoms with Crippen molar-refractivity contribution in [3.8, 4) is 0 Å². The van der Waals surface area contributed by atoms with Crippen molar-refractivity contribution in [2.45, 2.75) is 66.5 Å². The van der Waals surface area contributed by atoms with E-state index in [4.69, 9.17) is 9.84 Å². The van der Waals surface area contributed by atoms with E-state index in [0.717, 1.165) is 0 Å². The molecule has 0 aromatic rings. The second kappa shape index (κ2) is 6.91. The van der Waals surface area contributed by atoms with Crippen LogP contribution < -0.4 is 5.32 Å². The molecule has 0 heterocycles. The van der Waals surface area contributed by atoms with Crippen molar-refractivity contribution in [3.05, 3.63) is 0 Å². The molecule has 0 aliphatic heterocycles. The maximum absolute atomic E-state index is 12.4. The number of carboxylic acids is 1. The van der Waals surface area contributed by atoms with Crippen LogP contribution in [0.4, 0.5) is 4.79 Å². The molecule has 6 heteroatoms. The third-order valence-corrected chi connectivity index (χ3v) is 2.87. The lowest BCUT2D eigenvalue weighted by Crippen LogP contribution is -2.50. The Kier molecular flexibility index (Phi) is 6.39. The molecule has 0 rings (SSSR count). The number of Topliss-reactive ketones (excluding diaryl/α,β-unsaturated/α-hetero) is 1. The molecule has 1 atom stereocenters. The van der Waals surface area contributed by atoms with Gasteiger partial charge in [0.15, 0.2) is 5.78 Å². The van der Waals surface area contributed by atoms with E-state index >= 15 is 0 Å². The molecule has 0 unspecified atom stereocenters. The predicted molar refractivity (Wildman–Crippen MR) is 79.0 cm³/mol. The average Bonchev–Trinajstić information content (AvgIpc) is 2.23. The van der Waals surface area contributed by atoms with Gasteiger partial charge in [-0.1, -0.05) is 13.8 Å². The largest absolute Gasteiger partial charge is 0.481 e. The van der Waals surface area contributed by atoms with Crippen LogP contribution in [-0.2, 0) is 14.3 Å². The van der Waals surface area contributed by atoms with E-state index in [2.05, 4.69) is 5.32 Å². The van der Waals surface area contributed by atoms with Crippen molar-refractivity contribution < 1.29 is 24.2 Å². The standard InChI is InChI=1S/C15H27NO5/c1-9(2)8-10(11(17)15(6,7)12(18)19)16-13(20)21-14(3,4)5/h9-10H,8H2,1-7H3,(H,16,20)(H,18,19)/t10-/m0/s1. The first-order valence-electron chi connectivity index (χ1n) is 7.04. The molecule has 0 aliphatic carbocycles. The minimum absolute atomic E-state index is 0.124. The summed E-state index contributed by atoms with van der Waals surface area (Å²) < 4.78 is 5.12. The molecule has 0 spiro atoms. The molecular formula is C15H27NO5. The summed E-state index contributed by atoms with van der Waals surface area (Å²) in [6, 6.07) is -0.883. The molecular weight excluding hydrogens is 274 g/mol. The van der Waals surface area contributed by atoms with Crippen LogP contribution in [0.3, 0.4) is 0 Å². The number of carbonyl (C=O) groups excluding carboxylic acids is 2. The van der Waals surface area contributed by atoms with Crippen molar-refractivity contribution in [3.63, 3.8) is 0 Å². The molecule has 2 N–H and O–H groups in total. The fourth-order valence-corrected chi connectivity index (χ4v) is 1.69. The van der Waals surface area contributed by atoms with Gasteiger partial charge in [-0.2, -0.15) is 0 Å². The molecule has 0 radical (unpaired) electrons. The van der Waals surface area contributed by atoms with Crippen LogP contribution in [0.15, 0.2) is 0 Å². The second-order valence-electron chi connectivity index (χ2n) is 7.12. The molecule has 21 heavy (non-hydrogen) atoms. The molecule has 0 aliphatic rings. The lowest BCUT2D eigenvalue weighted by molar-refractivity contribution is -0.153. The number of ketones is 1. The van der Waals surface area contributed by atoms with Gasteiger partial charge in [-0.05, 0) is 47.0 Å². The van der Waals surface area contributed by atoms with Crippen molar-refractivity contribution >= 4 is 17.8 Å². The Morgan fingerprint density at radius 3 is 1.90 bits per heavy atom. The quantitative estimate of drug-likeness (QED) is 0.736. The number of ether oxygens (including phenoxy) is 1. The van der Waals surface area contributed by atoms with Crippen LogP contribution in [0, 0.1) is 11.3 Å². The summed E-state index contributed by atoms with van der Waals surface area (Å²) in [5, 5.41) is 11.6. The van der Waals surface area contributed by atoms with Crippen molar-refractivity contribution in [2.75, 3.05) is 0 Å². The highest BCUT2D eigenvalue weighted by Crippen LogP contribution is 2.22. The molecule has 0 aromatic heterocycles. The first-order valence-corrected chi connectivity index (χ1v) is 7.04. The van der Waals surface area contributed by atoms with E-state index in [0.29, 0.717) is 6.42 Å². The van der Waals surface area contributed by atoms with Crippen LogP contribution in [0.2, 0.25) is 0 Å². The van der Waals surface area contributed by atoms with E-state index in [1.807, 2.05) is 13.8 Å². The zero-order valence-corrected chi connectivity index (χ0v) is 13.9. The zero-order chi connectivity index (χ0) is 17.0. The highest BCUT2D eigenvalue weighted by molar-refractivity contribution is 6.05. The van der Waals surface area contributed by atoms with Gasteiger partial charge in [-0.25, -0.2) is 4.79 Å². The van der Waals surface area contributed by atoms with Crippen molar-refractivity contribution in [1.82, 2.24) is 5.32 Å². The fraction of sp³-hybridized carbons (Fsp3) is 0.800. The number of nitrogens with one attached hydrogen (secondary N) is 1. The summed E-state index contributed by atoms with van der Waals surface area (Å²) in [6.07, 6.45) is -0.364. The number of aliphatic carboxylic acids is 1. The lowest BCUT2D eigenvalue weighted by Gasteiger charge is -2.28. The predicted octanol–water partition coefficient (Wildman–Crippen LogP) is 2.61. The van der Waals surface area contributed by atoms with Gasteiger partial charge in [0.05, 0.1) is 6.04 Å². The van der Waals surface area contributed by atoms with E-state index in [9.17, 15) is 14.4 Å². The number of carbonyl (C=O) groups is 3. The van der Waals surface area contributed by atoms with Crippen LogP contribution in [-0.4, -0.2) is 34.6 Å². The van der Waals surface area contributed by atoms with E-state index in [1.165, 1.54) is 13.8 Å². The van der Waals surface area contributed by atoms with Gasteiger partial charge in [0.1, 0.15) is 11.0 Å². The van der Waals surface area contributed by atoms with Crippen LogP contribution >= 0.6 is 0 Å². The minimum atomic E-state index is -1.56. The number of rotatable bonds is 6. The Balaban J connectivity index is 5.10.